The second-order valence-electron chi connectivity index (χ2n) is 6.40. The number of hydrogen-bond donors (Lipinski definition) is 1. The second-order valence-corrected chi connectivity index (χ2v) is 6.40. The molecule has 0 aromatic carbocycles. The number of hydrogen-bond acceptors (Lipinski definition) is 3. The van der Waals surface area contributed by atoms with Gasteiger partial charge in [-0.1, -0.05) is 20.8 Å². The van der Waals surface area contributed by atoms with Crippen LogP contribution in [-0.4, -0.2) is 61.2 Å². The fourth-order valence-electron chi connectivity index (χ4n) is 3.38. The number of likely N-dealkylation sites (N-methyl/N-ethyl adjacent to an activating group) is 1. The molecule has 2 aliphatic heterocycles. The van der Waals surface area contributed by atoms with Crippen LogP contribution in [0, 0.1) is 5.92 Å². The van der Waals surface area contributed by atoms with Crippen LogP contribution >= 0.6 is 0 Å². The molecule has 3 nitrogen and oxygen atoms in total. The van der Waals surface area contributed by atoms with Crippen molar-refractivity contribution in [3.63, 3.8) is 0 Å². The van der Waals surface area contributed by atoms with Crippen LogP contribution in [0.4, 0.5) is 0 Å². The van der Waals surface area contributed by atoms with Crippen LogP contribution in [0.15, 0.2) is 0 Å². The van der Waals surface area contributed by atoms with Gasteiger partial charge in [-0.2, -0.15) is 0 Å². The highest BCUT2D eigenvalue weighted by atomic mass is 15.2. The lowest BCUT2D eigenvalue weighted by atomic mass is 10.0. The minimum absolute atomic E-state index is 0.629. The van der Waals surface area contributed by atoms with Crippen LogP contribution in [-0.2, 0) is 0 Å². The van der Waals surface area contributed by atoms with Gasteiger partial charge in [0.15, 0.2) is 0 Å². The predicted octanol–water partition coefficient (Wildman–Crippen LogP) is 1.79. The standard InChI is InChI=1S/C15H31N3/c1-4-17-8-5-6-15(12-17)18-9-7-14(11-18)10-16-13(2)3/h13-16H,4-12H2,1-3H3. The highest BCUT2D eigenvalue weighted by Gasteiger charge is 2.30. The van der Waals surface area contributed by atoms with E-state index >= 15 is 0 Å². The molecule has 106 valence electrons. The van der Waals surface area contributed by atoms with E-state index in [1.54, 1.807) is 0 Å². The highest BCUT2D eigenvalue weighted by molar-refractivity contribution is 4.86. The first-order valence-electron chi connectivity index (χ1n) is 7.88. The quantitative estimate of drug-likeness (QED) is 0.806. The molecule has 0 aromatic rings. The summed E-state index contributed by atoms with van der Waals surface area (Å²) in [7, 11) is 0. The Morgan fingerprint density at radius 1 is 1.17 bits per heavy atom. The van der Waals surface area contributed by atoms with Gasteiger partial charge in [-0.25, -0.2) is 0 Å². The van der Waals surface area contributed by atoms with Crippen molar-refractivity contribution >= 4 is 0 Å². The molecule has 0 amide bonds. The zero-order valence-electron chi connectivity index (χ0n) is 12.5. The molecular formula is C15H31N3. The number of rotatable bonds is 5. The first-order chi connectivity index (χ1) is 8.69. The summed E-state index contributed by atoms with van der Waals surface area (Å²) in [6, 6.07) is 1.46. The van der Waals surface area contributed by atoms with Gasteiger partial charge in [-0.3, -0.25) is 4.90 Å². The molecule has 2 heterocycles. The summed E-state index contributed by atoms with van der Waals surface area (Å²) in [5, 5.41) is 3.59. The smallest absolute Gasteiger partial charge is 0.0223 e. The van der Waals surface area contributed by atoms with E-state index in [9.17, 15) is 0 Å². The molecular weight excluding hydrogens is 222 g/mol. The Bertz CT molecular complexity index is 242. The van der Waals surface area contributed by atoms with Crippen molar-refractivity contribution in [1.29, 1.82) is 0 Å². The Labute approximate surface area is 113 Å². The van der Waals surface area contributed by atoms with E-state index in [0.29, 0.717) is 6.04 Å². The Morgan fingerprint density at radius 3 is 2.72 bits per heavy atom. The summed E-state index contributed by atoms with van der Waals surface area (Å²) >= 11 is 0. The zero-order chi connectivity index (χ0) is 13.0. The van der Waals surface area contributed by atoms with E-state index in [0.717, 1.165) is 12.0 Å². The lowest BCUT2D eigenvalue weighted by Crippen LogP contribution is -2.47. The van der Waals surface area contributed by atoms with Crippen molar-refractivity contribution in [2.24, 2.45) is 5.92 Å². The fourth-order valence-corrected chi connectivity index (χ4v) is 3.38. The van der Waals surface area contributed by atoms with Crippen molar-refractivity contribution in [3.8, 4) is 0 Å². The first kappa shape index (κ1) is 14.3. The van der Waals surface area contributed by atoms with E-state index in [-0.39, 0.29) is 0 Å². The van der Waals surface area contributed by atoms with Gasteiger partial charge >= 0.3 is 0 Å². The summed E-state index contributed by atoms with van der Waals surface area (Å²) in [6.45, 7) is 14.5. The van der Waals surface area contributed by atoms with Crippen LogP contribution < -0.4 is 5.32 Å². The molecule has 2 rings (SSSR count). The maximum atomic E-state index is 3.59. The van der Waals surface area contributed by atoms with E-state index in [4.69, 9.17) is 0 Å². The van der Waals surface area contributed by atoms with Crippen molar-refractivity contribution in [2.75, 3.05) is 39.3 Å². The van der Waals surface area contributed by atoms with Crippen LogP contribution in [0.2, 0.25) is 0 Å². The first-order valence-corrected chi connectivity index (χ1v) is 7.88. The molecule has 0 spiro atoms. The lowest BCUT2D eigenvalue weighted by Gasteiger charge is -2.37. The summed E-state index contributed by atoms with van der Waals surface area (Å²) in [6.07, 6.45) is 4.20. The average molecular weight is 253 g/mol. The molecule has 1 N–H and O–H groups in total. The Morgan fingerprint density at radius 2 is 2.00 bits per heavy atom. The van der Waals surface area contributed by atoms with Crippen LogP contribution in [0.5, 0.6) is 0 Å². The molecule has 2 aliphatic rings. The third kappa shape index (κ3) is 3.94. The van der Waals surface area contributed by atoms with Crippen molar-refractivity contribution in [1.82, 2.24) is 15.1 Å². The molecule has 3 heteroatoms. The molecule has 2 fully saturated rings. The van der Waals surface area contributed by atoms with Crippen LogP contribution in [0.1, 0.15) is 40.0 Å². The van der Waals surface area contributed by atoms with Gasteiger partial charge in [-0.05, 0) is 51.4 Å². The summed E-state index contributed by atoms with van der Waals surface area (Å²) < 4.78 is 0. The fraction of sp³-hybridized carbons (Fsp3) is 1.00. The van der Waals surface area contributed by atoms with E-state index < -0.39 is 0 Å². The third-order valence-electron chi connectivity index (χ3n) is 4.58. The van der Waals surface area contributed by atoms with E-state index in [1.165, 1.54) is 58.5 Å². The largest absolute Gasteiger partial charge is 0.314 e. The van der Waals surface area contributed by atoms with Gasteiger partial charge in [0, 0.05) is 25.2 Å². The maximum absolute atomic E-state index is 3.59. The molecule has 0 bridgehead atoms. The number of likely N-dealkylation sites (tertiary alicyclic amines) is 2. The minimum Gasteiger partial charge on any atom is -0.314 e. The van der Waals surface area contributed by atoms with E-state index in [1.807, 2.05) is 0 Å². The Kier molecular flexibility index (Phi) is 5.46. The van der Waals surface area contributed by atoms with Crippen LogP contribution in [0.25, 0.3) is 0 Å². The minimum atomic E-state index is 0.629. The summed E-state index contributed by atoms with van der Waals surface area (Å²) in [4.78, 5) is 5.38. The van der Waals surface area contributed by atoms with Gasteiger partial charge in [0.25, 0.3) is 0 Å². The molecule has 18 heavy (non-hydrogen) atoms. The van der Waals surface area contributed by atoms with Gasteiger partial charge in [0.2, 0.25) is 0 Å². The number of nitrogens with one attached hydrogen (secondary N) is 1. The molecule has 0 saturated carbocycles. The average Bonchev–Trinajstić information content (AvgIpc) is 2.85. The SMILES string of the molecule is CCN1CCCC(N2CCC(CNC(C)C)C2)C1. The van der Waals surface area contributed by atoms with Gasteiger partial charge in [0.05, 0.1) is 0 Å². The molecule has 2 saturated heterocycles. The second kappa shape index (κ2) is 6.88. The zero-order valence-corrected chi connectivity index (χ0v) is 12.5. The summed E-state index contributed by atoms with van der Waals surface area (Å²) in [5.41, 5.74) is 0. The monoisotopic (exact) mass is 253 g/mol. The number of piperidine rings is 1. The topological polar surface area (TPSA) is 18.5 Å². The van der Waals surface area contributed by atoms with Gasteiger partial charge in [0.1, 0.15) is 0 Å². The molecule has 0 aliphatic carbocycles. The Hall–Kier alpha value is -0.120. The lowest BCUT2D eigenvalue weighted by molar-refractivity contribution is 0.116. The van der Waals surface area contributed by atoms with Gasteiger partial charge in [-0.15, -0.1) is 0 Å². The molecule has 2 unspecified atom stereocenters. The van der Waals surface area contributed by atoms with Crippen molar-refractivity contribution in [2.45, 2.75) is 52.1 Å². The molecule has 0 aromatic heterocycles. The summed E-state index contributed by atoms with van der Waals surface area (Å²) in [5.74, 6) is 0.879. The third-order valence-corrected chi connectivity index (χ3v) is 4.58. The van der Waals surface area contributed by atoms with Gasteiger partial charge < -0.3 is 10.2 Å². The maximum Gasteiger partial charge on any atom is 0.0223 e. The molecule has 2 atom stereocenters. The van der Waals surface area contributed by atoms with E-state index in [2.05, 4.69) is 35.9 Å². The van der Waals surface area contributed by atoms with Crippen LogP contribution in [0.3, 0.4) is 0 Å². The normalized spacial score (nSPS) is 31.3. The highest BCUT2D eigenvalue weighted by Crippen LogP contribution is 2.23. The molecule has 0 radical (unpaired) electrons. The van der Waals surface area contributed by atoms with Crippen molar-refractivity contribution in [3.05, 3.63) is 0 Å². The Balaban J connectivity index is 1.74. The number of nitrogens with zero attached hydrogens (tertiary/aromatic N) is 2. The van der Waals surface area contributed by atoms with Crippen molar-refractivity contribution < 1.29 is 0 Å². The predicted molar refractivity (Wildman–Crippen MR) is 78.0 cm³/mol.